The summed E-state index contributed by atoms with van der Waals surface area (Å²) in [6.45, 7) is 4.25. The van der Waals surface area contributed by atoms with Crippen molar-refractivity contribution < 1.29 is 0 Å². The van der Waals surface area contributed by atoms with Crippen molar-refractivity contribution in [1.29, 1.82) is 0 Å². The van der Waals surface area contributed by atoms with Gasteiger partial charge < -0.3 is 11.1 Å². The third-order valence-corrected chi connectivity index (χ3v) is 2.92. The molecule has 0 aliphatic rings. The van der Waals surface area contributed by atoms with Crippen LogP contribution in [0.1, 0.15) is 24.5 Å². The van der Waals surface area contributed by atoms with Gasteiger partial charge in [0.1, 0.15) is 0 Å². The lowest BCUT2D eigenvalue weighted by Crippen LogP contribution is -1.97. The Labute approximate surface area is 109 Å². The summed E-state index contributed by atoms with van der Waals surface area (Å²) in [6.07, 6.45) is 2.24. The second-order valence-corrected chi connectivity index (χ2v) is 4.66. The van der Waals surface area contributed by atoms with E-state index >= 15 is 0 Å². The maximum Gasteiger partial charge on any atom is 0.0416 e. The molecular formula is C16H20N2. The zero-order valence-electron chi connectivity index (χ0n) is 11.0. The zero-order valence-corrected chi connectivity index (χ0v) is 11.0. The Morgan fingerprint density at radius 2 is 1.89 bits per heavy atom. The largest absolute Gasteiger partial charge is 0.399 e. The average Bonchev–Trinajstić information content (AvgIpc) is 2.30. The number of para-hydroxylation sites is 1. The fraction of sp³-hybridized carbons (Fsp3) is 0.250. The molecule has 0 aliphatic heterocycles. The van der Waals surface area contributed by atoms with Gasteiger partial charge in [-0.25, -0.2) is 0 Å². The summed E-state index contributed by atoms with van der Waals surface area (Å²) in [6, 6.07) is 14.5. The highest BCUT2D eigenvalue weighted by Crippen LogP contribution is 2.24. The van der Waals surface area contributed by atoms with Gasteiger partial charge >= 0.3 is 0 Å². The van der Waals surface area contributed by atoms with Gasteiger partial charge in [0.05, 0.1) is 0 Å². The van der Waals surface area contributed by atoms with Gasteiger partial charge in [0, 0.05) is 17.1 Å². The molecule has 0 unspecified atom stereocenters. The van der Waals surface area contributed by atoms with Crippen LogP contribution >= 0.6 is 0 Å². The molecule has 0 amide bonds. The molecule has 0 saturated carbocycles. The molecule has 94 valence electrons. The summed E-state index contributed by atoms with van der Waals surface area (Å²) >= 11 is 0. The first-order valence-corrected chi connectivity index (χ1v) is 6.41. The van der Waals surface area contributed by atoms with Crippen LogP contribution in [0, 0.1) is 6.92 Å². The number of anilines is 3. The zero-order chi connectivity index (χ0) is 13.0. The molecule has 0 aromatic heterocycles. The molecule has 18 heavy (non-hydrogen) atoms. The monoisotopic (exact) mass is 240 g/mol. The van der Waals surface area contributed by atoms with Gasteiger partial charge in [-0.1, -0.05) is 31.5 Å². The normalized spacial score (nSPS) is 10.3. The number of nitrogens with one attached hydrogen (secondary N) is 1. The number of benzene rings is 2. The van der Waals surface area contributed by atoms with E-state index in [0.29, 0.717) is 0 Å². The van der Waals surface area contributed by atoms with Crippen molar-refractivity contribution in [3.63, 3.8) is 0 Å². The van der Waals surface area contributed by atoms with Gasteiger partial charge in [0.2, 0.25) is 0 Å². The van der Waals surface area contributed by atoms with Gasteiger partial charge in [-0.3, -0.25) is 0 Å². The van der Waals surface area contributed by atoms with Crippen LogP contribution in [0.2, 0.25) is 0 Å². The Morgan fingerprint density at radius 1 is 1.11 bits per heavy atom. The van der Waals surface area contributed by atoms with E-state index < -0.39 is 0 Å². The van der Waals surface area contributed by atoms with E-state index in [1.807, 2.05) is 12.1 Å². The van der Waals surface area contributed by atoms with Crippen LogP contribution in [0.5, 0.6) is 0 Å². The maximum atomic E-state index is 5.87. The minimum atomic E-state index is 0.797. The van der Waals surface area contributed by atoms with Crippen LogP contribution in [0.25, 0.3) is 0 Å². The molecular weight excluding hydrogens is 220 g/mol. The van der Waals surface area contributed by atoms with E-state index in [2.05, 4.69) is 49.5 Å². The third-order valence-electron chi connectivity index (χ3n) is 2.92. The van der Waals surface area contributed by atoms with Crippen LogP contribution in [0.4, 0.5) is 17.1 Å². The second kappa shape index (κ2) is 5.58. The van der Waals surface area contributed by atoms with Crippen molar-refractivity contribution in [3.05, 3.63) is 53.6 Å². The number of hydrogen-bond donors (Lipinski definition) is 2. The number of nitrogens with two attached hydrogens (primary N) is 1. The molecule has 2 nitrogen and oxygen atoms in total. The first-order chi connectivity index (χ1) is 8.69. The Morgan fingerprint density at radius 3 is 2.61 bits per heavy atom. The van der Waals surface area contributed by atoms with Crippen LogP contribution in [-0.2, 0) is 6.42 Å². The van der Waals surface area contributed by atoms with E-state index in [4.69, 9.17) is 5.73 Å². The predicted octanol–water partition coefficient (Wildman–Crippen LogP) is 4.27. The minimum Gasteiger partial charge on any atom is -0.399 e. The summed E-state index contributed by atoms with van der Waals surface area (Å²) in [5.74, 6) is 0. The minimum absolute atomic E-state index is 0.797. The smallest absolute Gasteiger partial charge is 0.0416 e. The summed E-state index contributed by atoms with van der Waals surface area (Å²) in [4.78, 5) is 0. The van der Waals surface area contributed by atoms with E-state index in [1.54, 1.807) is 0 Å². The second-order valence-electron chi connectivity index (χ2n) is 4.66. The number of hydrogen-bond acceptors (Lipinski definition) is 2. The van der Waals surface area contributed by atoms with Gasteiger partial charge in [0.15, 0.2) is 0 Å². The first kappa shape index (κ1) is 12.5. The molecule has 2 heteroatoms. The fourth-order valence-electron chi connectivity index (χ4n) is 2.17. The molecule has 0 spiro atoms. The number of aryl methyl sites for hydroxylation is 2. The van der Waals surface area contributed by atoms with E-state index in [1.165, 1.54) is 16.8 Å². The Balaban J connectivity index is 2.27. The van der Waals surface area contributed by atoms with Gasteiger partial charge in [-0.15, -0.1) is 0 Å². The standard InChI is InChI=1S/C16H20N2/c1-3-6-13-7-4-5-8-16(13)18-15-10-12(2)9-14(17)11-15/h4-5,7-11,18H,3,6,17H2,1-2H3. The van der Waals surface area contributed by atoms with Crippen molar-refractivity contribution >= 4 is 17.1 Å². The van der Waals surface area contributed by atoms with E-state index in [9.17, 15) is 0 Å². The predicted molar refractivity (Wildman–Crippen MR) is 79.3 cm³/mol. The SMILES string of the molecule is CCCc1ccccc1Nc1cc(C)cc(N)c1. The molecule has 0 atom stereocenters. The molecule has 0 aliphatic carbocycles. The van der Waals surface area contributed by atoms with Crippen LogP contribution in [-0.4, -0.2) is 0 Å². The molecule has 2 aromatic carbocycles. The number of rotatable bonds is 4. The van der Waals surface area contributed by atoms with E-state index in [-0.39, 0.29) is 0 Å². The molecule has 2 rings (SSSR count). The molecule has 2 aromatic rings. The lowest BCUT2D eigenvalue weighted by atomic mass is 10.1. The molecule has 0 bridgehead atoms. The van der Waals surface area contributed by atoms with E-state index in [0.717, 1.165) is 24.2 Å². The third kappa shape index (κ3) is 3.04. The molecule has 0 heterocycles. The molecule has 3 N–H and O–H groups in total. The summed E-state index contributed by atoms with van der Waals surface area (Å²) in [7, 11) is 0. The van der Waals surface area contributed by atoms with Gasteiger partial charge in [-0.05, 0) is 48.7 Å². The van der Waals surface area contributed by atoms with Crippen LogP contribution in [0.3, 0.4) is 0 Å². The van der Waals surface area contributed by atoms with Crippen molar-refractivity contribution in [3.8, 4) is 0 Å². The molecule has 0 radical (unpaired) electrons. The van der Waals surface area contributed by atoms with Gasteiger partial charge in [-0.2, -0.15) is 0 Å². The summed E-state index contributed by atoms with van der Waals surface area (Å²) in [5.41, 5.74) is 11.4. The number of nitrogen functional groups attached to an aromatic ring is 1. The Kier molecular flexibility index (Phi) is 3.88. The fourth-order valence-corrected chi connectivity index (χ4v) is 2.17. The Bertz CT molecular complexity index is 512. The lowest BCUT2D eigenvalue weighted by molar-refractivity contribution is 0.923. The topological polar surface area (TPSA) is 38.0 Å². The lowest BCUT2D eigenvalue weighted by Gasteiger charge is -2.12. The van der Waals surface area contributed by atoms with Crippen molar-refractivity contribution in [2.24, 2.45) is 0 Å². The molecule has 0 fully saturated rings. The Hall–Kier alpha value is -1.96. The van der Waals surface area contributed by atoms with Crippen molar-refractivity contribution in [2.75, 3.05) is 11.1 Å². The van der Waals surface area contributed by atoms with Crippen molar-refractivity contribution in [1.82, 2.24) is 0 Å². The highest BCUT2D eigenvalue weighted by Gasteiger charge is 2.02. The highest BCUT2D eigenvalue weighted by molar-refractivity contribution is 5.67. The van der Waals surface area contributed by atoms with Crippen molar-refractivity contribution in [2.45, 2.75) is 26.7 Å². The van der Waals surface area contributed by atoms with Crippen LogP contribution < -0.4 is 11.1 Å². The summed E-state index contributed by atoms with van der Waals surface area (Å²) < 4.78 is 0. The summed E-state index contributed by atoms with van der Waals surface area (Å²) in [5, 5.41) is 3.46. The highest BCUT2D eigenvalue weighted by atomic mass is 14.9. The quantitative estimate of drug-likeness (QED) is 0.783. The molecule has 0 saturated heterocycles. The van der Waals surface area contributed by atoms with Crippen LogP contribution in [0.15, 0.2) is 42.5 Å². The average molecular weight is 240 g/mol. The maximum absolute atomic E-state index is 5.87. The van der Waals surface area contributed by atoms with Gasteiger partial charge in [0.25, 0.3) is 0 Å². The first-order valence-electron chi connectivity index (χ1n) is 6.41.